The second-order valence-electron chi connectivity index (χ2n) is 5.10. The van der Waals surface area contributed by atoms with Crippen molar-refractivity contribution in [3.8, 4) is 11.5 Å². The van der Waals surface area contributed by atoms with Crippen molar-refractivity contribution in [3.05, 3.63) is 58.1 Å². The molecule has 0 heterocycles. The average molecular weight is 350 g/mol. The van der Waals surface area contributed by atoms with Crippen LogP contribution in [0.3, 0.4) is 0 Å². The molecule has 112 valence electrons. The third-order valence-electron chi connectivity index (χ3n) is 3.26. The van der Waals surface area contributed by atoms with E-state index in [0.29, 0.717) is 0 Å². The molecule has 2 aromatic carbocycles. The molecule has 2 rings (SSSR count). The van der Waals surface area contributed by atoms with Gasteiger partial charge in [0, 0.05) is 6.04 Å². The maximum atomic E-state index is 6.11. The highest BCUT2D eigenvalue weighted by molar-refractivity contribution is 9.10. The number of hydrogen-bond donors (Lipinski definition) is 1. The summed E-state index contributed by atoms with van der Waals surface area (Å²) in [6.45, 7) is 3.98. The Morgan fingerprint density at radius 2 is 1.76 bits per heavy atom. The SMILES string of the molecule is COc1ccc(C(Oc2ccc(C)cc2Br)C(C)N)cc1. The number of ether oxygens (including phenoxy) is 2. The molecule has 0 aliphatic carbocycles. The van der Waals surface area contributed by atoms with Gasteiger partial charge in [0.1, 0.15) is 17.6 Å². The molecule has 0 spiro atoms. The van der Waals surface area contributed by atoms with Crippen LogP contribution in [0.25, 0.3) is 0 Å². The van der Waals surface area contributed by atoms with Gasteiger partial charge < -0.3 is 15.2 Å². The minimum absolute atomic E-state index is 0.133. The van der Waals surface area contributed by atoms with E-state index in [2.05, 4.69) is 15.9 Å². The Balaban J connectivity index is 2.26. The fraction of sp³-hybridized carbons (Fsp3) is 0.294. The first-order valence-electron chi connectivity index (χ1n) is 6.83. The van der Waals surface area contributed by atoms with Crippen LogP contribution < -0.4 is 15.2 Å². The Morgan fingerprint density at radius 3 is 2.29 bits per heavy atom. The van der Waals surface area contributed by atoms with Crippen LogP contribution in [0, 0.1) is 6.92 Å². The van der Waals surface area contributed by atoms with Crippen molar-refractivity contribution in [2.75, 3.05) is 7.11 Å². The number of rotatable bonds is 5. The Labute approximate surface area is 134 Å². The summed E-state index contributed by atoms with van der Waals surface area (Å²) in [5.41, 5.74) is 8.30. The van der Waals surface area contributed by atoms with Crippen molar-refractivity contribution < 1.29 is 9.47 Å². The fourth-order valence-electron chi connectivity index (χ4n) is 2.11. The van der Waals surface area contributed by atoms with E-state index in [1.54, 1.807) is 7.11 Å². The molecule has 0 radical (unpaired) electrons. The second-order valence-corrected chi connectivity index (χ2v) is 5.96. The zero-order chi connectivity index (χ0) is 15.4. The average Bonchev–Trinajstić information content (AvgIpc) is 2.46. The highest BCUT2D eigenvalue weighted by Crippen LogP contribution is 2.31. The third-order valence-corrected chi connectivity index (χ3v) is 3.88. The molecular weight excluding hydrogens is 330 g/mol. The highest BCUT2D eigenvalue weighted by Gasteiger charge is 2.19. The Morgan fingerprint density at radius 1 is 1.10 bits per heavy atom. The number of benzene rings is 2. The van der Waals surface area contributed by atoms with Crippen LogP contribution in [0.4, 0.5) is 0 Å². The summed E-state index contributed by atoms with van der Waals surface area (Å²) in [7, 11) is 1.65. The van der Waals surface area contributed by atoms with Crippen LogP contribution >= 0.6 is 15.9 Å². The van der Waals surface area contributed by atoms with E-state index in [0.717, 1.165) is 21.5 Å². The fourth-order valence-corrected chi connectivity index (χ4v) is 2.70. The van der Waals surface area contributed by atoms with Crippen LogP contribution in [0.15, 0.2) is 46.9 Å². The van der Waals surface area contributed by atoms with Crippen molar-refractivity contribution in [3.63, 3.8) is 0 Å². The molecule has 0 aromatic heterocycles. The van der Waals surface area contributed by atoms with Crippen LogP contribution in [-0.2, 0) is 0 Å². The first-order valence-corrected chi connectivity index (χ1v) is 7.63. The first-order chi connectivity index (χ1) is 10.0. The molecule has 0 saturated heterocycles. The van der Waals surface area contributed by atoms with Gasteiger partial charge in [-0.2, -0.15) is 0 Å². The predicted molar refractivity (Wildman–Crippen MR) is 88.9 cm³/mol. The summed E-state index contributed by atoms with van der Waals surface area (Å²) in [6, 6.07) is 13.7. The molecule has 2 aromatic rings. The number of halogens is 1. The monoisotopic (exact) mass is 349 g/mol. The standard InChI is InChI=1S/C17H20BrNO2/c1-11-4-9-16(15(18)10-11)21-17(12(2)19)13-5-7-14(20-3)8-6-13/h4-10,12,17H,19H2,1-3H3. The Kier molecular flexibility index (Phi) is 5.26. The minimum Gasteiger partial charge on any atom is -0.497 e. The summed E-state index contributed by atoms with van der Waals surface area (Å²) < 4.78 is 12.2. The van der Waals surface area contributed by atoms with Crippen molar-refractivity contribution in [2.24, 2.45) is 5.73 Å². The summed E-state index contributed by atoms with van der Waals surface area (Å²) in [4.78, 5) is 0. The first kappa shape index (κ1) is 15.9. The molecule has 0 bridgehead atoms. The molecule has 21 heavy (non-hydrogen) atoms. The lowest BCUT2D eigenvalue weighted by molar-refractivity contribution is 0.179. The molecule has 0 amide bonds. The number of nitrogens with two attached hydrogens (primary N) is 1. The van der Waals surface area contributed by atoms with Crippen LogP contribution in [0.1, 0.15) is 24.2 Å². The molecule has 0 aliphatic rings. The van der Waals surface area contributed by atoms with Crippen molar-refractivity contribution in [1.29, 1.82) is 0 Å². The van der Waals surface area contributed by atoms with Crippen LogP contribution in [-0.4, -0.2) is 13.2 Å². The van der Waals surface area contributed by atoms with E-state index < -0.39 is 0 Å². The van der Waals surface area contributed by atoms with Crippen LogP contribution in [0.2, 0.25) is 0 Å². The normalized spacial score (nSPS) is 13.6. The van der Waals surface area contributed by atoms with Gasteiger partial charge in [0.15, 0.2) is 0 Å². The molecule has 0 fully saturated rings. The Bertz CT molecular complexity index is 596. The zero-order valence-corrected chi connectivity index (χ0v) is 14.1. The molecule has 0 saturated carbocycles. The summed E-state index contributed by atoms with van der Waals surface area (Å²) in [5.74, 6) is 1.61. The van der Waals surface area contributed by atoms with E-state index >= 15 is 0 Å². The number of methoxy groups -OCH3 is 1. The summed E-state index contributed by atoms with van der Waals surface area (Å²) >= 11 is 3.53. The van der Waals surface area contributed by atoms with Gasteiger partial charge in [-0.25, -0.2) is 0 Å². The van der Waals surface area contributed by atoms with Gasteiger partial charge in [0.25, 0.3) is 0 Å². The molecule has 2 unspecified atom stereocenters. The van der Waals surface area contributed by atoms with E-state index in [4.69, 9.17) is 15.2 Å². The maximum Gasteiger partial charge on any atom is 0.139 e. The highest BCUT2D eigenvalue weighted by atomic mass is 79.9. The van der Waals surface area contributed by atoms with E-state index in [1.165, 1.54) is 5.56 Å². The predicted octanol–water partition coefficient (Wildman–Crippen LogP) is 4.23. The van der Waals surface area contributed by atoms with Crippen LogP contribution in [0.5, 0.6) is 11.5 Å². The van der Waals surface area contributed by atoms with Crippen molar-refractivity contribution in [2.45, 2.75) is 26.0 Å². The van der Waals surface area contributed by atoms with Gasteiger partial charge in [0.2, 0.25) is 0 Å². The summed E-state index contributed by atoms with van der Waals surface area (Å²) in [5, 5.41) is 0. The zero-order valence-electron chi connectivity index (χ0n) is 12.5. The molecule has 2 N–H and O–H groups in total. The third kappa shape index (κ3) is 3.99. The maximum absolute atomic E-state index is 6.11. The largest absolute Gasteiger partial charge is 0.497 e. The van der Waals surface area contributed by atoms with Gasteiger partial charge >= 0.3 is 0 Å². The molecular formula is C17H20BrNO2. The topological polar surface area (TPSA) is 44.5 Å². The van der Waals surface area contributed by atoms with Gasteiger partial charge in [0.05, 0.1) is 11.6 Å². The molecule has 2 atom stereocenters. The van der Waals surface area contributed by atoms with Gasteiger partial charge in [-0.15, -0.1) is 0 Å². The van der Waals surface area contributed by atoms with Gasteiger partial charge in [-0.1, -0.05) is 18.2 Å². The van der Waals surface area contributed by atoms with E-state index in [9.17, 15) is 0 Å². The number of aryl methyl sites for hydroxylation is 1. The second kappa shape index (κ2) is 6.96. The van der Waals surface area contributed by atoms with Gasteiger partial charge in [-0.05, 0) is 65.2 Å². The van der Waals surface area contributed by atoms with Gasteiger partial charge in [-0.3, -0.25) is 0 Å². The lowest BCUT2D eigenvalue weighted by atomic mass is 10.0. The molecule has 3 nitrogen and oxygen atoms in total. The quantitative estimate of drug-likeness (QED) is 0.878. The number of hydrogen-bond acceptors (Lipinski definition) is 3. The minimum atomic E-state index is -0.213. The summed E-state index contributed by atoms with van der Waals surface area (Å²) in [6.07, 6.45) is -0.213. The lowest BCUT2D eigenvalue weighted by Crippen LogP contribution is -2.29. The molecule has 0 aliphatic heterocycles. The lowest BCUT2D eigenvalue weighted by Gasteiger charge is -2.24. The van der Waals surface area contributed by atoms with E-state index in [-0.39, 0.29) is 12.1 Å². The van der Waals surface area contributed by atoms with Crippen molar-refractivity contribution in [1.82, 2.24) is 0 Å². The van der Waals surface area contributed by atoms with Crippen molar-refractivity contribution >= 4 is 15.9 Å². The Hall–Kier alpha value is -1.52. The molecule has 4 heteroatoms. The smallest absolute Gasteiger partial charge is 0.139 e. The van der Waals surface area contributed by atoms with E-state index in [1.807, 2.05) is 56.3 Å².